The molecule has 0 unspecified atom stereocenters. The molecule has 2 aromatic carbocycles. The van der Waals surface area contributed by atoms with Crippen LogP contribution in [0.25, 0.3) is 10.8 Å². The summed E-state index contributed by atoms with van der Waals surface area (Å²) >= 11 is 12.2. The lowest BCUT2D eigenvalue weighted by atomic mass is 10.1. The van der Waals surface area contributed by atoms with Gasteiger partial charge in [0.25, 0.3) is 11.5 Å². The Labute approximate surface area is 158 Å². The second-order valence-electron chi connectivity index (χ2n) is 5.59. The van der Waals surface area contributed by atoms with Crippen molar-refractivity contribution in [3.63, 3.8) is 0 Å². The largest absolute Gasteiger partial charge is 0.329 e. The number of fused-ring (bicyclic) bond motifs is 1. The first-order valence-electron chi connectivity index (χ1n) is 7.29. The van der Waals surface area contributed by atoms with E-state index in [0.29, 0.717) is 16.5 Å². The maximum absolute atomic E-state index is 12.5. The summed E-state index contributed by atoms with van der Waals surface area (Å²) in [4.78, 5) is 26.8. The summed E-state index contributed by atoms with van der Waals surface area (Å²) in [5.74, 6) is -0.554. The van der Waals surface area contributed by atoms with E-state index in [1.165, 1.54) is 30.5 Å². The van der Waals surface area contributed by atoms with E-state index in [1.807, 2.05) is 0 Å². The van der Waals surface area contributed by atoms with Gasteiger partial charge in [0.1, 0.15) is 0 Å². The standard InChI is InChI=1S/C17H12Cl2N2O4S/c1-26(24,25)10-2-3-11(13(18)7-10)17(23)21-15-6-9-4-5-20-16(22)12(9)8-14(15)19/h2-8H,1H3,(H,20,22)(H,21,23). The van der Waals surface area contributed by atoms with Crippen molar-refractivity contribution in [3.05, 3.63) is 68.6 Å². The average Bonchev–Trinajstić information content (AvgIpc) is 2.55. The molecule has 0 aliphatic rings. The Hall–Kier alpha value is -2.35. The van der Waals surface area contributed by atoms with Crippen LogP contribution in [0, 0.1) is 0 Å². The topological polar surface area (TPSA) is 96.1 Å². The van der Waals surface area contributed by atoms with Crippen molar-refractivity contribution in [2.75, 3.05) is 11.6 Å². The summed E-state index contributed by atoms with van der Waals surface area (Å²) < 4.78 is 23.1. The number of aromatic amines is 1. The Bertz CT molecular complexity index is 1200. The third-order valence-corrected chi connectivity index (χ3v) is 5.46. The number of pyridine rings is 1. The number of benzene rings is 2. The summed E-state index contributed by atoms with van der Waals surface area (Å²) in [5, 5.41) is 3.80. The molecule has 26 heavy (non-hydrogen) atoms. The van der Waals surface area contributed by atoms with Crippen LogP contribution in [0.2, 0.25) is 10.0 Å². The zero-order valence-corrected chi connectivity index (χ0v) is 15.7. The molecule has 0 atom stereocenters. The molecule has 0 saturated heterocycles. The number of hydrogen-bond acceptors (Lipinski definition) is 4. The molecule has 1 aromatic heterocycles. The predicted octanol–water partition coefficient (Wildman–Crippen LogP) is 3.49. The summed E-state index contributed by atoms with van der Waals surface area (Å²) in [6, 6.07) is 8.55. The van der Waals surface area contributed by atoms with Gasteiger partial charge >= 0.3 is 0 Å². The van der Waals surface area contributed by atoms with Crippen molar-refractivity contribution in [2.24, 2.45) is 0 Å². The summed E-state index contributed by atoms with van der Waals surface area (Å²) in [7, 11) is -3.43. The average molecular weight is 411 g/mol. The number of nitrogens with one attached hydrogen (secondary N) is 2. The van der Waals surface area contributed by atoms with Crippen molar-refractivity contribution < 1.29 is 13.2 Å². The smallest absolute Gasteiger partial charge is 0.257 e. The van der Waals surface area contributed by atoms with Crippen molar-refractivity contribution in [1.82, 2.24) is 4.98 Å². The van der Waals surface area contributed by atoms with Crippen LogP contribution in [-0.4, -0.2) is 25.6 Å². The van der Waals surface area contributed by atoms with Crippen LogP contribution < -0.4 is 10.9 Å². The van der Waals surface area contributed by atoms with Crippen molar-refractivity contribution in [1.29, 1.82) is 0 Å². The van der Waals surface area contributed by atoms with Crippen molar-refractivity contribution >= 4 is 55.4 Å². The normalized spacial score (nSPS) is 11.5. The second-order valence-corrected chi connectivity index (χ2v) is 8.42. The van der Waals surface area contributed by atoms with Gasteiger partial charge in [-0.3, -0.25) is 9.59 Å². The van der Waals surface area contributed by atoms with Gasteiger partial charge in [0.15, 0.2) is 9.84 Å². The zero-order chi connectivity index (χ0) is 19.1. The van der Waals surface area contributed by atoms with E-state index in [4.69, 9.17) is 23.2 Å². The molecule has 3 aromatic rings. The van der Waals surface area contributed by atoms with Gasteiger partial charge in [-0.05, 0) is 41.8 Å². The first kappa shape index (κ1) is 18.4. The summed E-state index contributed by atoms with van der Waals surface area (Å²) in [6.45, 7) is 0. The minimum absolute atomic E-state index is 0.00113. The SMILES string of the molecule is CS(=O)(=O)c1ccc(C(=O)Nc2cc3cc[nH]c(=O)c3cc2Cl)c(Cl)c1. The van der Waals surface area contributed by atoms with Crippen molar-refractivity contribution in [2.45, 2.75) is 4.90 Å². The van der Waals surface area contributed by atoms with E-state index in [2.05, 4.69) is 10.3 Å². The number of halogens is 2. The number of anilines is 1. The molecule has 3 rings (SSSR count). The molecule has 0 aliphatic carbocycles. The number of H-pyrrole nitrogens is 1. The van der Waals surface area contributed by atoms with E-state index >= 15 is 0 Å². The number of rotatable bonds is 3. The zero-order valence-electron chi connectivity index (χ0n) is 13.3. The van der Waals surface area contributed by atoms with Crippen LogP contribution in [0.15, 0.2) is 52.3 Å². The van der Waals surface area contributed by atoms with E-state index in [0.717, 1.165) is 6.26 Å². The van der Waals surface area contributed by atoms with E-state index in [9.17, 15) is 18.0 Å². The molecule has 9 heteroatoms. The molecule has 2 N–H and O–H groups in total. The van der Waals surface area contributed by atoms with Crippen LogP contribution in [0.4, 0.5) is 5.69 Å². The van der Waals surface area contributed by atoms with Crippen LogP contribution >= 0.6 is 23.2 Å². The Morgan fingerprint density at radius 1 is 1.08 bits per heavy atom. The molecule has 134 valence electrons. The quantitative estimate of drug-likeness (QED) is 0.690. The highest BCUT2D eigenvalue weighted by Gasteiger charge is 2.16. The number of carbonyl (C=O) groups is 1. The summed E-state index contributed by atoms with van der Waals surface area (Å²) in [6.07, 6.45) is 2.54. The maximum atomic E-state index is 12.5. The first-order valence-corrected chi connectivity index (χ1v) is 9.93. The first-order chi connectivity index (χ1) is 12.2. The molecule has 6 nitrogen and oxygen atoms in total. The van der Waals surface area contributed by atoms with Gasteiger partial charge in [-0.25, -0.2) is 8.42 Å². The Morgan fingerprint density at radius 3 is 2.46 bits per heavy atom. The van der Waals surface area contributed by atoms with Gasteiger partial charge in [-0.15, -0.1) is 0 Å². The third kappa shape index (κ3) is 3.60. The highest BCUT2D eigenvalue weighted by Crippen LogP contribution is 2.28. The molecule has 1 heterocycles. The molecule has 0 bridgehead atoms. The van der Waals surface area contributed by atoms with Crippen LogP contribution in [-0.2, 0) is 9.84 Å². The highest BCUT2D eigenvalue weighted by molar-refractivity contribution is 7.90. The lowest BCUT2D eigenvalue weighted by Crippen LogP contribution is -2.14. The van der Waals surface area contributed by atoms with E-state index < -0.39 is 15.7 Å². The van der Waals surface area contributed by atoms with Crippen LogP contribution in [0.3, 0.4) is 0 Å². The fourth-order valence-electron chi connectivity index (χ4n) is 2.41. The lowest BCUT2D eigenvalue weighted by molar-refractivity contribution is 0.102. The lowest BCUT2D eigenvalue weighted by Gasteiger charge is -2.10. The molecular weight excluding hydrogens is 399 g/mol. The van der Waals surface area contributed by atoms with Gasteiger partial charge in [-0.1, -0.05) is 23.2 Å². The minimum Gasteiger partial charge on any atom is -0.329 e. The Kier molecular flexibility index (Phi) is 4.79. The van der Waals surface area contributed by atoms with Gasteiger partial charge in [0.2, 0.25) is 0 Å². The van der Waals surface area contributed by atoms with Crippen LogP contribution in [0.5, 0.6) is 0 Å². The third-order valence-electron chi connectivity index (χ3n) is 3.72. The Morgan fingerprint density at radius 2 is 1.81 bits per heavy atom. The maximum Gasteiger partial charge on any atom is 0.257 e. The molecule has 0 saturated carbocycles. The number of hydrogen-bond donors (Lipinski definition) is 2. The second kappa shape index (κ2) is 6.75. The molecule has 0 radical (unpaired) electrons. The highest BCUT2D eigenvalue weighted by atomic mass is 35.5. The molecule has 0 fully saturated rings. The van der Waals surface area contributed by atoms with Gasteiger partial charge < -0.3 is 10.3 Å². The minimum atomic E-state index is -3.43. The van der Waals surface area contributed by atoms with Gasteiger partial charge in [0, 0.05) is 17.8 Å². The molecular formula is C17H12Cl2N2O4S. The van der Waals surface area contributed by atoms with Gasteiger partial charge in [-0.2, -0.15) is 0 Å². The monoisotopic (exact) mass is 410 g/mol. The van der Waals surface area contributed by atoms with Crippen LogP contribution in [0.1, 0.15) is 10.4 Å². The van der Waals surface area contributed by atoms with E-state index in [-0.39, 0.29) is 26.1 Å². The number of sulfone groups is 1. The van der Waals surface area contributed by atoms with E-state index in [1.54, 1.807) is 12.1 Å². The summed E-state index contributed by atoms with van der Waals surface area (Å²) in [5.41, 5.74) is 0.112. The fourth-order valence-corrected chi connectivity index (χ4v) is 3.59. The van der Waals surface area contributed by atoms with Gasteiger partial charge in [0.05, 0.1) is 26.2 Å². The fraction of sp³-hybridized carbons (Fsp3) is 0.0588. The predicted molar refractivity (Wildman–Crippen MR) is 102 cm³/mol. The number of aromatic nitrogens is 1. The number of amides is 1. The van der Waals surface area contributed by atoms with Crippen molar-refractivity contribution in [3.8, 4) is 0 Å². The molecule has 0 spiro atoms. The molecule has 0 aliphatic heterocycles. The molecule has 1 amide bonds. The Balaban J connectivity index is 1.97. The number of carbonyl (C=O) groups excluding carboxylic acids is 1.